The van der Waals surface area contributed by atoms with Gasteiger partial charge in [0.2, 0.25) is 0 Å². The van der Waals surface area contributed by atoms with E-state index >= 15 is 0 Å². The first-order valence-electron chi connectivity index (χ1n) is 17.6. The fraction of sp³-hybridized carbons (Fsp3) is 0. The number of para-hydroxylation sites is 2. The molecule has 3 aromatic heterocycles. The Hall–Kier alpha value is -7.11. The molecule has 52 heavy (non-hydrogen) atoms. The first-order valence-corrected chi connectivity index (χ1v) is 17.6. The molecule has 240 valence electrons. The van der Waals surface area contributed by atoms with Crippen LogP contribution in [0.1, 0.15) is 0 Å². The van der Waals surface area contributed by atoms with Gasteiger partial charge in [-0.1, -0.05) is 133 Å². The molecule has 0 fully saturated rings. The molecule has 11 aromatic rings. The molecule has 0 spiro atoms. The third-order valence-electron chi connectivity index (χ3n) is 10.9. The van der Waals surface area contributed by atoms with Gasteiger partial charge < -0.3 is 4.57 Å². The van der Waals surface area contributed by atoms with E-state index in [0.717, 1.165) is 61.0 Å². The van der Waals surface area contributed by atoms with Crippen LogP contribution < -0.4 is 0 Å². The van der Waals surface area contributed by atoms with Crippen LogP contribution in [-0.2, 0) is 0 Å². The molecule has 8 aromatic carbocycles. The zero-order chi connectivity index (χ0) is 33.9. The highest BCUT2D eigenvalue weighted by atomic mass is 15.3. The Balaban J connectivity index is 1.25. The van der Waals surface area contributed by atoms with Gasteiger partial charge in [0.1, 0.15) is 5.69 Å². The minimum Gasteiger partial charge on any atom is -0.308 e. The van der Waals surface area contributed by atoms with Gasteiger partial charge in [0.25, 0.3) is 0 Å². The van der Waals surface area contributed by atoms with E-state index in [1.165, 1.54) is 43.8 Å². The number of aromatic nitrogens is 5. The molecule has 3 heterocycles. The van der Waals surface area contributed by atoms with Gasteiger partial charge in [0, 0.05) is 27.3 Å². The quantitative estimate of drug-likeness (QED) is 0.189. The Labute approximate surface area is 297 Å². The number of fused-ring (bicyclic) bond motifs is 7. The predicted molar refractivity (Wildman–Crippen MR) is 213 cm³/mol. The van der Waals surface area contributed by atoms with Crippen LogP contribution in [0.4, 0.5) is 0 Å². The van der Waals surface area contributed by atoms with Crippen LogP contribution in [0.25, 0.3) is 111 Å². The monoisotopic (exact) mass is 661 g/mol. The normalized spacial score (nSPS) is 12.2. The van der Waals surface area contributed by atoms with Crippen molar-refractivity contribution >= 4 is 60.0 Å². The van der Waals surface area contributed by atoms with Gasteiger partial charge in [-0.3, -0.25) is 0 Å². The van der Waals surface area contributed by atoms with Crippen molar-refractivity contribution in [1.82, 2.24) is 24.1 Å². The number of nitrogens with zero attached hydrogens (tertiary/aromatic N) is 5. The first-order chi connectivity index (χ1) is 25.8. The molecule has 0 bridgehead atoms. The molecule has 5 heteroatoms. The molecule has 1 aliphatic carbocycles. The Morgan fingerprint density at radius 2 is 1.06 bits per heavy atom. The van der Waals surface area contributed by atoms with E-state index in [4.69, 9.17) is 15.1 Å². The minimum absolute atomic E-state index is 0.654. The van der Waals surface area contributed by atoms with E-state index < -0.39 is 0 Å². The lowest BCUT2D eigenvalue weighted by atomic mass is 9.93. The zero-order valence-corrected chi connectivity index (χ0v) is 27.8. The molecule has 0 N–H and O–H groups in total. The van der Waals surface area contributed by atoms with Crippen molar-refractivity contribution in [3.63, 3.8) is 0 Å². The summed E-state index contributed by atoms with van der Waals surface area (Å²) in [5, 5.41) is 12.7. The Kier molecular flexibility index (Phi) is 5.44. The Morgan fingerprint density at radius 1 is 0.404 bits per heavy atom. The van der Waals surface area contributed by atoms with E-state index in [1.54, 1.807) is 0 Å². The van der Waals surface area contributed by atoms with Crippen LogP contribution in [0, 0.1) is 0 Å². The maximum Gasteiger partial charge on any atom is 0.184 e. The third kappa shape index (κ3) is 3.64. The number of benzene rings is 8. The maximum absolute atomic E-state index is 5.35. The van der Waals surface area contributed by atoms with Crippen LogP contribution in [0.5, 0.6) is 0 Å². The Morgan fingerprint density at radius 3 is 1.94 bits per heavy atom. The van der Waals surface area contributed by atoms with E-state index in [9.17, 15) is 0 Å². The van der Waals surface area contributed by atoms with Crippen molar-refractivity contribution in [1.29, 1.82) is 0 Å². The second kappa shape index (κ2) is 10.2. The molecule has 5 nitrogen and oxygen atoms in total. The van der Waals surface area contributed by atoms with Crippen molar-refractivity contribution < 1.29 is 0 Å². The van der Waals surface area contributed by atoms with Crippen molar-refractivity contribution in [2.24, 2.45) is 0 Å². The van der Waals surface area contributed by atoms with Gasteiger partial charge in [-0.05, 0) is 68.7 Å². The summed E-state index contributed by atoms with van der Waals surface area (Å²) >= 11 is 0. The molecule has 0 atom stereocenters. The maximum atomic E-state index is 5.35. The summed E-state index contributed by atoms with van der Waals surface area (Å²) in [5.41, 5.74) is 13.7. The molecule has 0 saturated heterocycles. The standard InChI is InChI=1S/C47H27N5/c1-2-13-30(14-3-1)44-47-49-46(50-52(47)38-22-9-8-21-37(38)48-44)36-26-24-28-12-4-5-16-31(28)45(36)51-39-23-11-20-35-33-18-7-6-17-32(33)34-19-10-15-29-25-27-40(51)43(41(29)34)42(35)39/h1-27H. The van der Waals surface area contributed by atoms with Crippen molar-refractivity contribution in [3.8, 4) is 50.6 Å². The molecule has 0 radical (unpaired) electrons. The fourth-order valence-corrected chi connectivity index (χ4v) is 8.69. The average molecular weight is 662 g/mol. The van der Waals surface area contributed by atoms with Crippen LogP contribution >= 0.6 is 0 Å². The largest absolute Gasteiger partial charge is 0.308 e. The number of hydrogen-bond acceptors (Lipinski definition) is 3. The van der Waals surface area contributed by atoms with Gasteiger partial charge >= 0.3 is 0 Å². The van der Waals surface area contributed by atoms with Gasteiger partial charge in [0.15, 0.2) is 11.5 Å². The lowest BCUT2D eigenvalue weighted by molar-refractivity contribution is 1.000. The highest BCUT2D eigenvalue weighted by Crippen LogP contribution is 2.50. The highest BCUT2D eigenvalue weighted by Gasteiger charge is 2.27. The van der Waals surface area contributed by atoms with Gasteiger partial charge in [-0.15, -0.1) is 5.10 Å². The van der Waals surface area contributed by atoms with Gasteiger partial charge in [-0.25, -0.2) is 14.5 Å². The lowest BCUT2D eigenvalue weighted by Gasteiger charge is -2.17. The molecule has 0 unspecified atom stereocenters. The molecule has 0 amide bonds. The topological polar surface area (TPSA) is 48.0 Å². The lowest BCUT2D eigenvalue weighted by Crippen LogP contribution is -2.00. The van der Waals surface area contributed by atoms with E-state index in [-0.39, 0.29) is 0 Å². The molecular weight excluding hydrogens is 635 g/mol. The van der Waals surface area contributed by atoms with Crippen LogP contribution in [0.2, 0.25) is 0 Å². The summed E-state index contributed by atoms with van der Waals surface area (Å²) in [6, 6.07) is 58.4. The van der Waals surface area contributed by atoms with Crippen LogP contribution in [-0.4, -0.2) is 24.1 Å². The van der Waals surface area contributed by atoms with Crippen molar-refractivity contribution in [2.45, 2.75) is 0 Å². The van der Waals surface area contributed by atoms with Gasteiger partial charge in [-0.2, -0.15) is 0 Å². The zero-order valence-electron chi connectivity index (χ0n) is 27.8. The van der Waals surface area contributed by atoms with E-state index in [0.29, 0.717) is 5.82 Å². The third-order valence-corrected chi connectivity index (χ3v) is 10.9. The molecular formula is C47H27N5. The van der Waals surface area contributed by atoms with Gasteiger partial charge in [0.05, 0.1) is 27.8 Å². The van der Waals surface area contributed by atoms with Crippen LogP contribution in [0.3, 0.4) is 0 Å². The predicted octanol–water partition coefficient (Wildman–Crippen LogP) is 11.7. The minimum atomic E-state index is 0.654. The number of hydrogen-bond donors (Lipinski definition) is 0. The molecule has 1 aliphatic rings. The second-order valence-corrected chi connectivity index (χ2v) is 13.6. The highest BCUT2D eigenvalue weighted by molar-refractivity contribution is 6.30. The fourth-order valence-electron chi connectivity index (χ4n) is 8.69. The summed E-state index contributed by atoms with van der Waals surface area (Å²) in [6.07, 6.45) is 0. The smallest absolute Gasteiger partial charge is 0.184 e. The summed E-state index contributed by atoms with van der Waals surface area (Å²) < 4.78 is 4.44. The van der Waals surface area contributed by atoms with Crippen molar-refractivity contribution in [3.05, 3.63) is 164 Å². The van der Waals surface area contributed by atoms with Crippen LogP contribution in [0.15, 0.2) is 164 Å². The summed E-state index contributed by atoms with van der Waals surface area (Å²) in [5.74, 6) is 0.654. The molecule has 0 saturated carbocycles. The molecule has 0 aliphatic heterocycles. The second-order valence-electron chi connectivity index (χ2n) is 13.6. The van der Waals surface area contributed by atoms with Crippen molar-refractivity contribution in [2.75, 3.05) is 0 Å². The Bertz CT molecular complexity index is 3300. The van der Waals surface area contributed by atoms with E-state index in [1.807, 2.05) is 40.9 Å². The average Bonchev–Trinajstić information content (AvgIpc) is 3.77. The summed E-state index contributed by atoms with van der Waals surface area (Å²) in [6.45, 7) is 0. The number of rotatable bonds is 3. The molecule has 12 rings (SSSR count). The summed E-state index contributed by atoms with van der Waals surface area (Å²) in [7, 11) is 0. The summed E-state index contributed by atoms with van der Waals surface area (Å²) in [4.78, 5) is 10.5. The SMILES string of the molecule is c1ccc(-c2nc3ccccc3n3nc(-c4ccc5ccccc5c4-n4c5cccc6c5c5c7c(cccc7ccc54)-c4ccccc4-6)nc23)cc1. The van der Waals surface area contributed by atoms with E-state index in [2.05, 4.69) is 132 Å². The first kappa shape index (κ1) is 27.7.